The van der Waals surface area contributed by atoms with Gasteiger partial charge in [0.15, 0.2) is 10.2 Å². The van der Waals surface area contributed by atoms with E-state index in [4.69, 9.17) is 16.3 Å². The molecule has 0 bridgehead atoms. The van der Waals surface area contributed by atoms with Crippen LogP contribution in [0, 0.1) is 0 Å². The van der Waals surface area contributed by atoms with Gasteiger partial charge in [-0.05, 0) is 6.07 Å². The van der Waals surface area contributed by atoms with E-state index in [1.165, 1.54) is 25.3 Å². The third kappa shape index (κ3) is 4.71. The van der Waals surface area contributed by atoms with Crippen molar-refractivity contribution in [1.29, 1.82) is 0 Å². The molecule has 1 aromatic rings. The maximum atomic E-state index is 12.7. The van der Waals surface area contributed by atoms with Gasteiger partial charge < -0.3 is 9.84 Å². The molecule has 2 amide bonds. The summed E-state index contributed by atoms with van der Waals surface area (Å²) in [6, 6.07) is 1.27. The smallest absolute Gasteiger partial charge is 0.350 e. The molecular formula is C12H14ClFN6O5S. The fourth-order valence-corrected chi connectivity index (χ4v) is 3.08. The molecule has 0 fully saturated rings. The first kappa shape index (κ1) is 19.7. The number of carbonyl (C=O) groups excluding carboxylic acids is 1. The number of hydrazone groups is 1. The number of sulfonamides is 1. The molecule has 0 saturated carbocycles. The van der Waals surface area contributed by atoms with E-state index in [-0.39, 0.29) is 16.6 Å². The monoisotopic (exact) mass is 408 g/mol. The molecule has 1 aliphatic rings. The first-order valence-electron chi connectivity index (χ1n) is 6.85. The molecule has 0 aromatic carbocycles. The second-order valence-electron chi connectivity index (χ2n) is 4.67. The van der Waals surface area contributed by atoms with Crippen LogP contribution >= 0.6 is 11.6 Å². The SMILES string of the molecule is COC1=CC(Cl)=NN(NC(=O)NS(=O)(=O)c2ncccc2C(O)CF)N1. The Bertz CT molecular complexity index is 848. The molecule has 1 aromatic heterocycles. The van der Waals surface area contributed by atoms with Gasteiger partial charge in [-0.3, -0.25) is 0 Å². The van der Waals surface area contributed by atoms with Crippen LogP contribution < -0.4 is 15.6 Å². The standard InChI is InChI=1S/C12H14ClFN6O5S/c1-25-10-5-9(13)16-20(17-10)18-12(22)19-26(23,24)11-7(8(21)6-14)3-2-4-15-11/h2-5,8,17,21H,6H2,1H3,(H2,18,19,22). The van der Waals surface area contributed by atoms with Crippen molar-refractivity contribution >= 4 is 32.8 Å². The highest BCUT2D eigenvalue weighted by Crippen LogP contribution is 2.20. The van der Waals surface area contributed by atoms with Crippen LogP contribution in [0.4, 0.5) is 9.18 Å². The van der Waals surface area contributed by atoms with Gasteiger partial charge in [-0.2, -0.15) is 8.42 Å². The van der Waals surface area contributed by atoms with Crippen molar-refractivity contribution in [3.8, 4) is 0 Å². The van der Waals surface area contributed by atoms with E-state index < -0.39 is 33.9 Å². The number of hydrogen-bond acceptors (Lipinski definition) is 9. The van der Waals surface area contributed by atoms with Gasteiger partial charge in [0.25, 0.3) is 10.0 Å². The number of rotatable bonds is 6. The number of aromatic nitrogens is 1. The Labute approximate surface area is 152 Å². The van der Waals surface area contributed by atoms with Crippen LogP contribution in [-0.4, -0.2) is 48.7 Å². The summed E-state index contributed by atoms with van der Waals surface area (Å²) in [7, 11) is -3.18. The molecular weight excluding hydrogens is 395 g/mol. The summed E-state index contributed by atoms with van der Waals surface area (Å²) in [5.41, 5.74) is 4.20. The van der Waals surface area contributed by atoms with Crippen molar-refractivity contribution in [1.82, 2.24) is 25.8 Å². The number of amides is 2. The lowest BCUT2D eigenvalue weighted by atomic mass is 10.2. The molecule has 0 saturated heterocycles. The van der Waals surface area contributed by atoms with Gasteiger partial charge in [-0.15, -0.1) is 10.3 Å². The number of nitrogens with zero attached hydrogens (tertiary/aromatic N) is 3. The normalized spacial score (nSPS) is 15.3. The quantitative estimate of drug-likeness (QED) is 0.508. The fraction of sp³-hybridized carbons (Fsp3) is 0.250. The van der Waals surface area contributed by atoms with Crippen molar-refractivity contribution in [3.63, 3.8) is 0 Å². The van der Waals surface area contributed by atoms with Crippen LogP contribution in [0.15, 0.2) is 40.4 Å². The van der Waals surface area contributed by atoms with E-state index in [9.17, 15) is 22.7 Å². The molecule has 14 heteroatoms. The van der Waals surface area contributed by atoms with Crippen molar-refractivity contribution in [2.75, 3.05) is 13.8 Å². The summed E-state index contributed by atoms with van der Waals surface area (Å²) in [6.45, 7) is -1.22. The number of nitrogens with one attached hydrogen (secondary N) is 3. The first-order valence-corrected chi connectivity index (χ1v) is 8.72. The van der Waals surface area contributed by atoms with Gasteiger partial charge >= 0.3 is 6.03 Å². The summed E-state index contributed by atoms with van der Waals surface area (Å²) in [6.07, 6.45) is 0.722. The van der Waals surface area contributed by atoms with E-state index in [1.54, 1.807) is 4.72 Å². The molecule has 1 atom stereocenters. The van der Waals surface area contributed by atoms with Gasteiger partial charge in [-0.1, -0.05) is 17.7 Å². The molecule has 4 N–H and O–H groups in total. The van der Waals surface area contributed by atoms with Crippen LogP contribution in [0.1, 0.15) is 11.7 Å². The summed E-state index contributed by atoms with van der Waals surface area (Å²) >= 11 is 5.72. The number of alkyl halides is 1. The number of pyridine rings is 1. The van der Waals surface area contributed by atoms with Gasteiger partial charge in [0.05, 0.1) is 7.11 Å². The van der Waals surface area contributed by atoms with Gasteiger partial charge in [-0.25, -0.2) is 29.7 Å². The predicted octanol–water partition coefficient (Wildman–Crippen LogP) is -0.152. The van der Waals surface area contributed by atoms with E-state index in [2.05, 4.69) is 15.5 Å². The molecule has 1 unspecified atom stereocenters. The molecule has 0 aliphatic carbocycles. The molecule has 0 radical (unpaired) electrons. The fourth-order valence-electron chi connectivity index (χ4n) is 1.81. The average molecular weight is 409 g/mol. The molecule has 2 heterocycles. The zero-order valence-corrected chi connectivity index (χ0v) is 14.8. The Kier molecular flexibility index (Phi) is 6.18. The maximum absolute atomic E-state index is 12.7. The molecule has 2 rings (SSSR count). The number of halogens is 2. The van der Waals surface area contributed by atoms with Gasteiger partial charge in [0.2, 0.25) is 5.88 Å². The highest BCUT2D eigenvalue weighted by molar-refractivity contribution is 7.90. The van der Waals surface area contributed by atoms with Crippen molar-refractivity contribution < 1.29 is 27.4 Å². The minimum Gasteiger partial charge on any atom is -0.481 e. The van der Waals surface area contributed by atoms with Crippen LogP contribution in [0.5, 0.6) is 0 Å². The Balaban J connectivity index is 2.13. The topological polar surface area (TPSA) is 145 Å². The highest BCUT2D eigenvalue weighted by Gasteiger charge is 2.27. The summed E-state index contributed by atoms with van der Waals surface area (Å²) < 4.78 is 43.8. The second-order valence-corrected chi connectivity index (χ2v) is 6.66. The largest absolute Gasteiger partial charge is 0.481 e. The van der Waals surface area contributed by atoms with Crippen molar-refractivity contribution in [3.05, 3.63) is 35.9 Å². The lowest BCUT2D eigenvalue weighted by Crippen LogP contribution is -2.53. The number of allylic oxidation sites excluding steroid dienone is 1. The van der Waals surface area contributed by atoms with E-state index in [0.29, 0.717) is 5.23 Å². The number of aliphatic hydroxyl groups is 1. The van der Waals surface area contributed by atoms with E-state index in [0.717, 1.165) is 6.20 Å². The Morgan fingerprint density at radius 1 is 1.58 bits per heavy atom. The highest BCUT2D eigenvalue weighted by atomic mass is 35.5. The minimum atomic E-state index is -4.51. The zero-order valence-electron chi connectivity index (χ0n) is 13.2. The summed E-state index contributed by atoms with van der Waals surface area (Å²) in [5.74, 6) is 0.131. The Hall–Kier alpha value is -2.64. The Morgan fingerprint density at radius 3 is 2.96 bits per heavy atom. The number of urea groups is 1. The van der Waals surface area contributed by atoms with E-state index in [1.807, 2.05) is 5.43 Å². The number of hydrogen-bond donors (Lipinski definition) is 4. The number of ether oxygens (including phenoxy) is 1. The van der Waals surface area contributed by atoms with Gasteiger partial charge in [0.1, 0.15) is 12.8 Å². The summed E-state index contributed by atoms with van der Waals surface area (Å²) in [4.78, 5) is 15.5. The van der Waals surface area contributed by atoms with Gasteiger partial charge in [0, 0.05) is 17.8 Å². The zero-order chi connectivity index (χ0) is 19.3. The summed E-state index contributed by atoms with van der Waals surface area (Å²) in [5, 5.41) is 13.2. The lowest BCUT2D eigenvalue weighted by molar-refractivity contribution is 0.100. The molecule has 11 nitrogen and oxygen atoms in total. The van der Waals surface area contributed by atoms with Crippen molar-refractivity contribution in [2.24, 2.45) is 5.10 Å². The number of aliphatic hydroxyl groups excluding tert-OH is 1. The van der Waals surface area contributed by atoms with Crippen LogP contribution in [0.25, 0.3) is 0 Å². The predicted molar refractivity (Wildman–Crippen MR) is 87.4 cm³/mol. The Morgan fingerprint density at radius 2 is 2.31 bits per heavy atom. The number of carbonyl (C=O) groups is 1. The number of hydrazine groups is 2. The molecule has 1 aliphatic heterocycles. The molecule has 26 heavy (non-hydrogen) atoms. The molecule has 0 spiro atoms. The molecule has 142 valence electrons. The average Bonchev–Trinajstić information content (AvgIpc) is 2.59. The maximum Gasteiger partial charge on any atom is 0.350 e. The van der Waals surface area contributed by atoms with Crippen molar-refractivity contribution in [2.45, 2.75) is 11.1 Å². The van der Waals surface area contributed by atoms with Crippen LogP contribution in [-0.2, 0) is 14.8 Å². The number of methoxy groups -OCH3 is 1. The third-order valence-corrected chi connectivity index (χ3v) is 4.37. The van der Waals surface area contributed by atoms with E-state index >= 15 is 0 Å². The van der Waals surface area contributed by atoms with Crippen LogP contribution in [0.2, 0.25) is 0 Å². The lowest BCUT2D eigenvalue weighted by Gasteiger charge is -2.24. The second kappa shape index (κ2) is 8.16. The first-order chi connectivity index (χ1) is 12.3. The minimum absolute atomic E-state index is 0.0539. The van der Waals surface area contributed by atoms with Crippen LogP contribution in [0.3, 0.4) is 0 Å². The third-order valence-electron chi connectivity index (χ3n) is 2.88.